The van der Waals surface area contributed by atoms with Gasteiger partial charge in [-0.1, -0.05) is 0 Å². The standard InChI is InChI=1S/C7H20O6P4S2.6H2O/c8-16(9,10)7(17(11,12)13)5-19-3-1-2-18-4-6(14)15;;;;;;/h6-7H,1-5,14-15H2,(H2,8,9,10)(H2,11,12,13);6*1H2. The molecule has 0 aliphatic rings. The molecule has 0 aromatic carbocycles. The van der Waals surface area contributed by atoms with E-state index in [0.29, 0.717) is 11.2 Å². The molecule has 0 saturated heterocycles. The monoisotopic (exact) mass is 496 g/mol. The Labute approximate surface area is 159 Å². The summed E-state index contributed by atoms with van der Waals surface area (Å²) < 4.78 is 22.0. The van der Waals surface area contributed by atoms with E-state index in [1.54, 1.807) is 11.8 Å². The minimum Gasteiger partial charge on any atom is -0.412 e. The van der Waals surface area contributed by atoms with Crippen molar-refractivity contribution in [1.29, 1.82) is 0 Å². The van der Waals surface area contributed by atoms with E-state index in [-0.39, 0.29) is 38.6 Å². The van der Waals surface area contributed by atoms with Gasteiger partial charge in [0, 0.05) is 11.5 Å². The Kier molecular flexibility index (Phi) is 39.8. The summed E-state index contributed by atoms with van der Waals surface area (Å²) in [5.74, 6) is 2.31. The van der Waals surface area contributed by atoms with Crippen molar-refractivity contribution >= 4 is 57.2 Å². The summed E-state index contributed by atoms with van der Waals surface area (Å²) in [5.41, 5.74) is 0. The van der Waals surface area contributed by atoms with Crippen molar-refractivity contribution in [3.05, 3.63) is 0 Å². The molecule has 18 heteroatoms. The van der Waals surface area contributed by atoms with Crippen molar-refractivity contribution in [2.45, 2.75) is 17.2 Å². The lowest BCUT2D eigenvalue weighted by atomic mass is 10.6. The maximum Gasteiger partial charge on any atom is 0.341 e. The van der Waals surface area contributed by atoms with E-state index >= 15 is 0 Å². The van der Waals surface area contributed by atoms with Crippen LogP contribution in [0.25, 0.3) is 0 Å². The molecule has 0 spiro atoms. The second-order valence-corrected chi connectivity index (χ2v) is 12.6. The van der Waals surface area contributed by atoms with Gasteiger partial charge in [-0.2, -0.15) is 23.5 Å². The van der Waals surface area contributed by atoms with E-state index in [0.717, 1.165) is 17.9 Å². The lowest BCUT2D eigenvalue weighted by Crippen LogP contribution is -2.12. The molecule has 0 aliphatic heterocycles. The van der Waals surface area contributed by atoms with Gasteiger partial charge in [0.05, 0.1) is 0 Å². The van der Waals surface area contributed by atoms with Gasteiger partial charge in [0.15, 0.2) is 5.40 Å². The largest absolute Gasteiger partial charge is 0.412 e. The average Bonchev–Trinajstić information content (AvgIpc) is 2.17. The molecule has 164 valence electrons. The quantitative estimate of drug-likeness (QED) is 0.174. The van der Waals surface area contributed by atoms with Gasteiger partial charge in [-0.05, 0) is 23.3 Å². The van der Waals surface area contributed by atoms with Crippen LogP contribution in [0, 0.1) is 0 Å². The smallest absolute Gasteiger partial charge is 0.341 e. The molecule has 25 heavy (non-hydrogen) atoms. The lowest BCUT2D eigenvalue weighted by molar-refractivity contribution is 0.343. The van der Waals surface area contributed by atoms with Crippen LogP contribution in [0.2, 0.25) is 0 Å². The van der Waals surface area contributed by atoms with Gasteiger partial charge in [-0.15, -0.1) is 18.5 Å². The highest BCUT2D eigenvalue weighted by atomic mass is 32.2. The predicted octanol–water partition coefficient (Wildman–Crippen LogP) is -3.35. The highest BCUT2D eigenvalue weighted by Gasteiger charge is 2.42. The Morgan fingerprint density at radius 2 is 1.04 bits per heavy atom. The van der Waals surface area contributed by atoms with Crippen LogP contribution in [0.1, 0.15) is 6.42 Å². The van der Waals surface area contributed by atoms with E-state index in [1.807, 2.05) is 0 Å². The van der Waals surface area contributed by atoms with Crippen molar-refractivity contribution in [1.82, 2.24) is 0 Å². The van der Waals surface area contributed by atoms with Gasteiger partial charge in [0.2, 0.25) is 0 Å². The number of thioether (sulfide) groups is 2. The summed E-state index contributed by atoms with van der Waals surface area (Å²) in [6.45, 7) is 0. The van der Waals surface area contributed by atoms with Gasteiger partial charge >= 0.3 is 15.2 Å². The summed E-state index contributed by atoms with van der Waals surface area (Å²) in [4.78, 5) is 35.6. The van der Waals surface area contributed by atoms with Crippen LogP contribution in [0.3, 0.4) is 0 Å². The molecule has 16 N–H and O–H groups in total. The molecule has 0 aromatic heterocycles. The zero-order chi connectivity index (χ0) is 15.1. The molecule has 0 fully saturated rings. The summed E-state index contributed by atoms with van der Waals surface area (Å²) in [5, 5.41) is -1.42. The van der Waals surface area contributed by atoms with Gasteiger partial charge in [-0.25, -0.2) is 0 Å². The molecule has 0 rings (SSSR count). The van der Waals surface area contributed by atoms with Gasteiger partial charge in [0.1, 0.15) is 0 Å². The molecule has 0 aromatic rings. The van der Waals surface area contributed by atoms with E-state index in [2.05, 4.69) is 18.5 Å². The van der Waals surface area contributed by atoms with Crippen LogP contribution in [-0.4, -0.2) is 86.2 Å². The predicted molar refractivity (Wildman–Crippen MR) is 112 cm³/mol. The minimum absolute atomic E-state index is 0. The third kappa shape index (κ3) is 25.6. The SMILES string of the molecule is O.O.O.O.O.O.O=P(O)(O)C(CSCCCSCC(P)P)P(=O)(O)O. The molecule has 12 nitrogen and oxygen atoms in total. The molecule has 0 radical (unpaired) electrons. The fourth-order valence-corrected chi connectivity index (χ4v) is 7.33. The molecule has 2 atom stereocenters. The molecule has 0 heterocycles. The number of hydrogen-bond acceptors (Lipinski definition) is 4. The van der Waals surface area contributed by atoms with E-state index in [1.165, 1.54) is 11.8 Å². The Morgan fingerprint density at radius 3 is 1.32 bits per heavy atom. The zero-order valence-corrected chi connectivity index (χ0v) is 18.9. The summed E-state index contributed by atoms with van der Waals surface area (Å²) >= 11 is 2.93. The first kappa shape index (κ1) is 45.4. The second-order valence-electron chi connectivity index (χ2n) is 3.83. The fraction of sp³-hybridized carbons (Fsp3) is 1.00. The maximum absolute atomic E-state index is 11.0. The second kappa shape index (κ2) is 21.9. The van der Waals surface area contributed by atoms with E-state index in [4.69, 9.17) is 19.6 Å². The van der Waals surface area contributed by atoms with Gasteiger partial charge < -0.3 is 52.4 Å². The van der Waals surface area contributed by atoms with Crippen LogP contribution in [0.15, 0.2) is 0 Å². The van der Waals surface area contributed by atoms with Crippen molar-refractivity contribution < 1.29 is 61.6 Å². The van der Waals surface area contributed by atoms with E-state index < -0.39 is 20.6 Å². The van der Waals surface area contributed by atoms with E-state index in [9.17, 15) is 9.13 Å². The molecule has 0 bridgehead atoms. The van der Waals surface area contributed by atoms with Gasteiger partial charge in [0.25, 0.3) is 0 Å². The molecule has 2 unspecified atom stereocenters. The molecule has 0 saturated carbocycles. The van der Waals surface area contributed by atoms with Crippen LogP contribution in [-0.2, 0) is 9.13 Å². The zero-order valence-electron chi connectivity index (χ0n) is 13.2. The summed E-state index contributed by atoms with van der Waals surface area (Å²) in [7, 11) is -4.20. The van der Waals surface area contributed by atoms with Crippen molar-refractivity contribution in [3.8, 4) is 0 Å². The molecular weight excluding hydrogens is 464 g/mol. The third-order valence-electron chi connectivity index (χ3n) is 1.93. The number of rotatable bonds is 10. The normalized spacial score (nSPS) is 10.2. The first-order chi connectivity index (χ1) is 8.55. The first-order valence-corrected chi connectivity index (χ1v) is 12.3. The van der Waals surface area contributed by atoms with Crippen LogP contribution < -0.4 is 0 Å². The van der Waals surface area contributed by atoms with Crippen molar-refractivity contribution in [2.24, 2.45) is 0 Å². The van der Waals surface area contributed by atoms with Crippen molar-refractivity contribution in [3.63, 3.8) is 0 Å². The Balaban J connectivity index is -0.000000108. The molecule has 0 aliphatic carbocycles. The first-order valence-electron chi connectivity index (χ1n) is 5.32. The Bertz CT molecular complexity index is 328. The Morgan fingerprint density at radius 1 is 0.720 bits per heavy atom. The number of hydrogen-bond donors (Lipinski definition) is 4. The maximum atomic E-state index is 11.0. The topological polar surface area (TPSA) is 304 Å². The summed E-state index contributed by atoms with van der Waals surface area (Å²) in [6.07, 6.45) is 0.840. The lowest BCUT2D eigenvalue weighted by Gasteiger charge is -2.18. The third-order valence-corrected chi connectivity index (χ3v) is 9.65. The molecule has 0 amide bonds. The van der Waals surface area contributed by atoms with Crippen molar-refractivity contribution in [2.75, 3.05) is 23.0 Å². The van der Waals surface area contributed by atoms with Gasteiger partial charge in [-0.3, -0.25) is 9.13 Å². The van der Waals surface area contributed by atoms with Crippen LogP contribution in [0.5, 0.6) is 0 Å². The summed E-state index contributed by atoms with van der Waals surface area (Å²) in [6, 6.07) is 0. The van der Waals surface area contributed by atoms with Crippen LogP contribution >= 0.6 is 57.2 Å². The minimum atomic E-state index is -4.77. The molecular formula is C7H32O12P4S2. The van der Waals surface area contributed by atoms with Crippen LogP contribution in [0.4, 0.5) is 0 Å². The Hall–Kier alpha value is 1.62. The highest BCUT2D eigenvalue weighted by Crippen LogP contribution is 2.60. The highest BCUT2D eigenvalue weighted by molar-refractivity contribution is 8.00. The fourth-order valence-electron chi connectivity index (χ4n) is 1.06. The average molecular weight is 496 g/mol.